The van der Waals surface area contributed by atoms with Gasteiger partial charge in [-0.2, -0.15) is 10.1 Å². The van der Waals surface area contributed by atoms with E-state index < -0.39 is 17.4 Å². The number of nitrogens with one attached hydrogen (secondary N) is 2. The first-order valence-electron chi connectivity index (χ1n) is 10.3. The average Bonchev–Trinajstić information content (AvgIpc) is 3.11. The van der Waals surface area contributed by atoms with Crippen molar-refractivity contribution in [3.05, 3.63) is 50.7 Å². The van der Waals surface area contributed by atoms with E-state index in [2.05, 4.69) is 20.5 Å². The van der Waals surface area contributed by atoms with Crippen LogP contribution >= 0.6 is 0 Å². The molecule has 3 rings (SSSR count). The van der Waals surface area contributed by atoms with E-state index >= 15 is 0 Å². The number of hydrazone groups is 1. The standard InChI is InChI=1S/C21H28N6O5/c1-5-31-16-8-6-14(7-9-16)10-22-25-20-23-18-17(19(29)24-21(30)26(18)4)27(20)11-15(28)12-32-13(2)3/h6-10,13,15,28H,5,11-12H2,1-4H3,(H,23,25)(H,24,29,30)/b22-10-/t15-/m0/s1. The van der Waals surface area contributed by atoms with Crippen LogP contribution in [0.25, 0.3) is 11.2 Å². The first-order chi connectivity index (χ1) is 15.3. The van der Waals surface area contributed by atoms with Gasteiger partial charge in [0.2, 0.25) is 5.95 Å². The number of imidazole rings is 1. The van der Waals surface area contributed by atoms with Gasteiger partial charge in [0.05, 0.1) is 38.2 Å². The van der Waals surface area contributed by atoms with Crippen molar-refractivity contribution in [1.82, 2.24) is 19.1 Å². The summed E-state index contributed by atoms with van der Waals surface area (Å²) in [5.41, 5.74) is 2.76. The Morgan fingerprint density at radius 1 is 1.28 bits per heavy atom. The molecule has 11 nitrogen and oxygen atoms in total. The van der Waals surface area contributed by atoms with E-state index in [1.807, 2.05) is 45.0 Å². The Labute approximate surface area is 184 Å². The smallest absolute Gasteiger partial charge is 0.329 e. The molecule has 11 heteroatoms. The van der Waals surface area contributed by atoms with Crippen molar-refractivity contribution >= 4 is 23.3 Å². The summed E-state index contributed by atoms with van der Waals surface area (Å²) in [6.07, 6.45) is 0.632. The Kier molecular flexibility index (Phi) is 7.44. The lowest BCUT2D eigenvalue weighted by Crippen LogP contribution is -2.30. The van der Waals surface area contributed by atoms with Crippen molar-refractivity contribution in [1.29, 1.82) is 0 Å². The van der Waals surface area contributed by atoms with Gasteiger partial charge in [-0.25, -0.2) is 10.2 Å². The monoisotopic (exact) mass is 444 g/mol. The highest BCUT2D eigenvalue weighted by Gasteiger charge is 2.19. The van der Waals surface area contributed by atoms with Gasteiger partial charge in [-0.3, -0.25) is 14.3 Å². The number of anilines is 1. The van der Waals surface area contributed by atoms with E-state index in [9.17, 15) is 14.7 Å². The fourth-order valence-corrected chi connectivity index (χ4v) is 3.05. The summed E-state index contributed by atoms with van der Waals surface area (Å²) in [5, 5.41) is 14.6. The van der Waals surface area contributed by atoms with Crippen molar-refractivity contribution in [2.45, 2.75) is 39.5 Å². The summed E-state index contributed by atoms with van der Waals surface area (Å²) < 4.78 is 13.6. The predicted octanol–water partition coefficient (Wildman–Crippen LogP) is 1.05. The summed E-state index contributed by atoms with van der Waals surface area (Å²) in [6, 6.07) is 7.36. The maximum absolute atomic E-state index is 12.5. The van der Waals surface area contributed by atoms with Gasteiger partial charge < -0.3 is 19.1 Å². The summed E-state index contributed by atoms with van der Waals surface area (Å²) in [5.74, 6) is 0.967. The lowest BCUT2D eigenvalue weighted by molar-refractivity contribution is -0.000105. The Bertz CT molecular complexity index is 1190. The largest absolute Gasteiger partial charge is 0.494 e. The molecular weight excluding hydrogens is 416 g/mol. The quantitative estimate of drug-likeness (QED) is 0.314. The van der Waals surface area contributed by atoms with Crippen molar-refractivity contribution in [3.63, 3.8) is 0 Å². The van der Waals surface area contributed by atoms with E-state index in [1.54, 1.807) is 6.21 Å². The number of ether oxygens (including phenoxy) is 2. The van der Waals surface area contributed by atoms with Crippen molar-refractivity contribution in [2.75, 3.05) is 18.6 Å². The molecule has 2 heterocycles. The molecule has 0 aliphatic carbocycles. The molecule has 0 unspecified atom stereocenters. The lowest BCUT2D eigenvalue weighted by atomic mass is 10.2. The highest BCUT2D eigenvalue weighted by Crippen LogP contribution is 2.17. The molecule has 3 aromatic rings. The zero-order valence-electron chi connectivity index (χ0n) is 18.5. The van der Waals surface area contributed by atoms with Gasteiger partial charge in [0.1, 0.15) is 5.75 Å². The number of hydrogen-bond donors (Lipinski definition) is 3. The molecule has 0 radical (unpaired) electrons. The van der Waals surface area contributed by atoms with Crippen LogP contribution in [-0.2, 0) is 18.3 Å². The molecule has 0 fully saturated rings. The Morgan fingerprint density at radius 2 is 2.00 bits per heavy atom. The number of aromatic nitrogens is 4. The van der Waals surface area contributed by atoms with Crippen molar-refractivity contribution in [2.24, 2.45) is 12.1 Å². The number of fused-ring (bicyclic) bond motifs is 1. The molecule has 0 saturated carbocycles. The number of benzene rings is 1. The summed E-state index contributed by atoms with van der Waals surface area (Å²) in [7, 11) is 1.50. The minimum absolute atomic E-state index is 0.0193. The molecule has 0 amide bonds. The molecule has 0 spiro atoms. The molecule has 0 saturated heterocycles. The van der Waals surface area contributed by atoms with Gasteiger partial charge in [0.25, 0.3) is 5.56 Å². The second-order valence-corrected chi connectivity index (χ2v) is 7.44. The third kappa shape index (κ3) is 5.42. The molecular formula is C21H28N6O5. The molecule has 3 N–H and O–H groups in total. The maximum Gasteiger partial charge on any atom is 0.329 e. The zero-order chi connectivity index (χ0) is 23.3. The Hall–Kier alpha value is -3.44. The zero-order valence-corrected chi connectivity index (χ0v) is 18.5. The topological polar surface area (TPSA) is 136 Å². The molecule has 1 atom stereocenters. The average molecular weight is 444 g/mol. The Morgan fingerprint density at radius 3 is 2.66 bits per heavy atom. The van der Waals surface area contributed by atoms with Crippen LogP contribution in [-0.4, -0.2) is 55.8 Å². The molecule has 172 valence electrons. The fraction of sp³-hybridized carbons (Fsp3) is 0.429. The molecule has 1 aromatic carbocycles. The van der Waals surface area contributed by atoms with Crippen LogP contribution < -0.4 is 21.4 Å². The molecule has 2 aromatic heterocycles. The maximum atomic E-state index is 12.5. The van der Waals surface area contributed by atoms with Crippen LogP contribution in [0.4, 0.5) is 5.95 Å². The van der Waals surface area contributed by atoms with E-state index in [0.717, 1.165) is 11.3 Å². The Balaban J connectivity index is 1.90. The second-order valence-electron chi connectivity index (χ2n) is 7.44. The minimum Gasteiger partial charge on any atom is -0.494 e. The van der Waals surface area contributed by atoms with Gasteiger partial charge in [0.15, 0.2) is 11.2 Å². The van der Waals surface area contributed by atoms with E-state index in [-0.39, 0.29) is 36.4 Å². The van der Waals surface area contributed by atoms with Crippen LogP contribution in [0.2, 0.25) is 0 Å². The SMILES string of the molecule is CCOc1ccc(/C=N\Nc2nc3c(c(=O)[nH]c(=O)n3C)n2C[C@H](O)COC(C)C)cc1. The lowest BCUT2D eigenvalue weighted by Gasteiger charge is -2.15. The van der Waals surface area contributed by atoms with E-state index in [4.69, 9.17) is 9.47 Å². The van der Waals surface area contributed by atoms with Gasteiger partial charge in [0, 0.05) is 7.05 Å². The number of aliphatic hydroxyl groups excluding tert-OH is 1. The van der Waals surface area contributed by atoms with E-state index in [1.165, 1.54) is 16.2 Å². The van der Waals surface area contributed by atoms with Gasteiger partial charge in [-0.15, -0.1) is 0 Å². The van der Waals surface area contributed by atoms with Gasteiger partial charge in [-0.1, -0.05) is 0 Å². The van der Waals surface area contributed by atoms with Crippen molar-refractivity contribution in [3.8, 4) is 5.75 Å². The third-order valence-corrected chi connectivity index (χ3v) is 4.59. The number of H-pyrrole nitrogens is 1. The first-order valence-corrected chi connectivity index (χ1v) is 10.3. The van der Waals surface area contributed by atoms with Gasteiger partial charge in [-0.05, 0) is 50.6 Å². The highest BCUT2D eigenvalue weighted by atomic mass is 16.5. The summed E-state index contributed by atoms with van der Waals surface area (Å²) in [4.78, 5) is 31.1. The number of hydrogen-bond acceptors (Lipinski definition) is 8. The highest BCUT2D eigenvalue weighted by molar-refractivity contribution is 5.80. The number of aryl methyl sites for hydroxylation is 1. The normalized spacial score (nSPS) is 12.7. The van der Waals surface area contributed by atoms with Crippen LogP contribution in [0.15, 0.2) is 39.0 Å². The molecule has 0 aliphatic rings. The van der Waals surface area contributed by atoms with Crippen molar-refractivity contribution < 1.29 is 14.6 Å². The summed E-state index contributed by atoms with van der Waals surface area (Å²) >= 11 is 0. The number of rotatable bonds is 10. The summed E-state index contributed by atoms with van der Waals surface area (Å²) in [6.45, 7) is 6.32. The molecule has 32 heavy (non-hydrogen) atoms. The third-order valence-electron chi connectivity index (χ3n) is 4.59. The molecule has 0 aliphatic heterocycles. The van der Waals surface area contributed by atoms with Crippen LogP contribution in [0, 0.1) is 0 Å². The first kappa shape index (κ1) is 23.2. The number of aliphatic hydroxyl groups is 1. The number of aromatic amines is 1. The second kappa shape index (κ2) is 10.2. The van der Waals surface area contributed by atoms with Crippen LogP contribution in [0.5, 0.6) is 5.75 Å². The fourth-order valence-electron chi connectivity index (χ4n) is 3.05. The molecule has 0 bridgehead atoms. The van der Waals surface area contributed by atoms with Gasteiger partial charge >= 0.3 is 5.69 Å². The predicted molar refractivity (Wildman–Crippen MR) is 122 cm³/mol. The minimum atomic E-state index is -0.901. The van der Waals surface area contributed by atoms with Crippen LogP contribution in [0.1, 0.15) is 26.3 Å². The van der Waals surface area contributed by atoms with Crippen LogP contribution in [0.3, 0.4) is 0 Å². The van der Waals surface area contributed by atoms with E-state index in [0.29, 0.717) is 6.61 Å². The number of nitrogens with zero attached hydrogens (tertiary/aromatic N) is 4.